The van der Waals surface area contributed by atoms with Crippen molar-refractivity contribution in [3.8, 4) is 5.75 Å². The Bertz CT molecular complexity index is 1420. The molecule has 10 nitrogen and oxygen atoms in total. The van der Waals surface area contributed by atoms with Crippen molar-refractivity contribution in [1.82, 2.24) is 20.1 Å². The molecule has 6 rings (SSSR count). The zero-order chi connectivity index (χ0) is 25.5. The summed E-state index contributed by atoms with van der Waals surface area (Å²) in [6, 6.07) is 11.0. The van der Waals surface area contributed by atoms with E-state index < -0.39 is 6.17 Å². The molecule has 37 heavy (non-hydrogen) atoms. The molecule has 2 atom stereocenters. The summed E-state index contributed by atoms with van der Waals surface area (Å²) in [4.78, 5) is 42.5. The Kier molecular flexibility index (Phi) is 6.01. The van der Waals surface area contributed by atoms with Gasteiger partial charge in [-0.3, -0.25) is 9.69 Å². The van der Waals surface area contributed by atoms with Crippen LogP contribution in [0.15, 0.2) is 59.7 Å². The summed E-state index contributed by atoms with van der Waals surface area (Å²) in [5.74, 6) is 0.920. The number of urea groups is 1. The van der Waals surface area contributed by atoms with E-state index in [-0.39, 0.29) is 18.0 Å². The second kappa shape index (κ2) is 9.49. The van der Waals surface area contributed by atoms with Crippen LogP contribution in [0, 0.1) is 0 Å². The molecule has 3 aromatic rings. The number of ether oxygens (including phenoxy) is 1. The van der Waals surface area contributed by atoms with Gasteiger partial charge in [0, 0.05) is 25.8 Å². The third-order valence-corrected chi connectivity index (χ3v) is 7.84. The number of para-hydroxylation sites is 1. The summed E-state index contributed by atoms with van der Waals surface area (Å²) in [6.07, 6.45) is 6.59. The number of pyridine rings is 1. The quantitative estimate of drug-likeness (QED) is 0.535. The normalized spacial score (nSPS) is 21.6. The lowest BCUT2D eigenvalue weighted by Crippen LogP contribution is -2.53. The van der Waals surface area contributed by atoms with Crippen molar-refractivity contribution < 1.29 is 14.3 Å². The van der Waals surface area contributed by atoms with Crippen LogP contribution in [-0.4, -0.2) is 72.3 Å². The molecule has 3 aliphatic heterocycles. The third kappa shape index (κ3) is 4.40. The minimum absolute atomic E-state index is 0.0815. The number of hydrogen-bond acceptors (Lipinski definition) is 8. The summed E-state index contributed by atoms with van der Waals surface area (Å²) in [5, 5.41) is 6.88. The van der Waals surface area contributed by atoms with Crippen molar-refractivity contribution in [1.29, 1.82) is 0 Å². The van der Waals surface area contributed by atoms with Crippen LogP contribution < -0.4 is 20.3 Å². The Morgan fingerprint density at radius 3 is 2.84 bits per heavy atom. The minimum atomic E-state index is -0.489. The Hall–Kier alpha value is -3.96. The first-order chi connectivity index (χ1) is 18.0. The molecule has 1 aromatic carbocycles. The van der Waals surface area contributed by atoms with Crippen molar-refractivity contribution in [2.75, 3.05) is 37.4 Å². The van der Waals surface area contributed by atoms with Crippen LogP contribution in [0.3, 0.4) is 0 Å². The topological polar surface area (TPSA) is 102 Å². The van der Waals surface area contributed by atoms with Gasteiger partial charge in [0.2, 0.25) is 5.88 Å². The number of carbonyl (C=O) groups excluding carboxylic acids is 2. The van der Waals surface area contributed by atoms with E-state index in [1.54, 1.807) is 29.6 Å². The lowest BCUT2D eigenvalue weighted by molar-refractivity contribution is 0.0917. The fourth-order valence-corrected chi connectivity index (χ4v) is 6.02. The van der Waals surface area contributed by atoms with Gasteiger partial charge in [-0.1, -0.05) is 18.2 Å². The minimum Gasteiger partial charge on any atom is -0.438 e. The molecule has 0 aliphatic carbocycles. The molecule has 3 amide bonds. The number of thiophene rings is 1. The highest BCUT2D eigenvalue weighted by Crippen LogP contribution is 2.44. The molecular formula is C26H27N7O3S. The van der Waals surface area contributed by atoms with Crippen LogP contribution in [0.2, 0.25) is 0 Å². The highest BCUT2D eigenvalue weighted by atomic mass is 32.1. The number of aliphatic imine (C=N–C) groups is 1. The third-order valence-electron chi connectivity index (χ3n) is 6.74. The number of carbonyl (C=O) groups is 2. The van der Waals surface area contributed by atoms with Crippen molar-refractivity contribution >= 4 is 51.1 Å². The van der Waals surface area contributed by atoms with Crippen LogP contribution in [0.25, 0.3) is 10.2 Å². The first kappa shape index (κ1) is 23.4. The highest BCUT2D eigenvalue weighted by Gasteiger charge is 2.37. The van der Waals surface area contributed by atoms with Gasteiger partial charge in [0.15, 0.2) is 0 Å². The molecule has 3 aliphatic rings. The van der Waals surface area contributed by atoms with Crippen molar-refractivity contribution in [3.05, 3.63) is 59.6 Å². The Morgan fingerprint density at radius 1 is 1.22 bits per heavy atom. The largest absolute Gasteiger partial charge is 0.438 e. The number of anilines is 2. The SMILES string of the molecule is CN1CCC[C@@H](NC(=O)c2sc3nccc4c3c2NC(=O)N4C2C=NC(Oc3ccccc3)=CN2C)C1. The average Bonchev–Trinajstić information content (AvgIpc) is 3.25. The monoisotopic (exact) mass is 517 g/mol. The maximum absolute atomic E-state index is 13.4. The summed E-state index contributed by atoms with van der Waals surface area (Å²) in [5.41, 5.74) is 1.20. The number of rotatable bonds is 5. The molecule has 0 bridgehead atoms. The Balaban J connectivity index is 1.28. The van der Waals surface area contributed by atoms with Crippen molar-refractivity contribution in [3.63, 3.8) is 0 Å². The fraction of sp³-hybridized carbons (Fsp3) is 0.308. The van der Waals surface area contributed by atoms with E-state index in [4.69, 9.17) is 4.74 Å². The smallest absolute Gasteiger partial charge is 0.328 e. The van der Waals surface area contributed by atoms with Crippen LogP contribution >= 0.6 is 11.3 Å². The van der Waals surface area contributed by atoms with Crippen molar-refractivity contribution in [2.24, 2.45) is 4.99 Å². The van der Waals surface area contributed by atoms with Gasteiger partial charge >= 0.3 is 6.03 Å². The molecule has 190 valence electrons. The second-order valence-corrected chi connectivity index (χ2v) is 10.4. The van der Waals surface area contributed by atoms with E-state index in [0.717, 1.165) is 31.3 Å². The summed E-state index contributed by atoms with van der Waals surface area (Å²) < 4.78 is 5.85. The molecule has 0 radical (unpaired) electrons. The number of nitrogens with one attached hydrogen (secondary N) is 2. The number of nitrogens with zero attached hydrogens (tertiary/aromatic N) is 5. The molecule has 5 heterocycles. The predicted molar refractivity (Wildman–Crippen MR) is 144 cm³/mol. The van der Waals surface area contributed by atoms with E-state index >= 15 is 0 Å². The maximum Gasteiger partial charge on any atom is 0.328 e. The summed E-state index contributed by atoms with van der Waals surface area (Å²) in [6.45, 7) is 1.85. The Labute approximate surface area is 218 Å². The van der Waals surface area contributed by atoms with Gasteiger partial charge in [-0.15, -0.1) is 11.3 Å². The predicted octanol–water partition coefficient (Wildman–Crippen LogP) is 3.69. The number of likely N-dealkylation sites (N-methyl/N-ethyl adjacent to an activating group) is 1. The number of likely N-dealkylation sites (tertiary alicyclic amines) is 1. The molecule has 2 N–H and O–H groups in total. The van der Waals surface area contributed by atoms with Crippen molar-refractivity contribution in [2.45, 2.75) is 25.0 Å². The van der Waals surface area contributed by atoms with E-state index in [9.17, 15) is 9.59 Å². The summed E-state index contributed by atoms with van der Waals surface area (Å²) in [7, 11) is 3.92. The highest BCUT2D eigenvalue weighted by molar-refractivity contribution is 7.21. The molecule has 1 fully saturated rings. The molecule has 11 heteroatoms. The van der Waals surface area contributed by atoms with E-state index in [2.05, 4.69) is 32.6 Å². The van der Waals surface area contributed by atoms with E-state index in [1.807, 2.05) is 42.3 Å². The standard InChI is InChI=1S/C26H27N7O3S/c1-31-12-6-7-16(14-31)29-24(34)23-22-21-18(10-11-27-25(21)37-23)33(26(35)30-22)20-13-28-19(15-32(20)2)36-17-8-4-3-5-9-17/h3-5,8-11,13,15-16,20H,6-7,12,14H2,1-2H3,(H,29,34)(H,30,35)/t16-,20?/m1/s1. The lowest BCUT2D eigenvalue weighted by atomic mass is 10.1. The van der Waals surface area contributed by atoms with E-state index in [0.29, 0.717) is 32.7 Å². The lowest BCUT2D eigenvalue weighted by Gasteiger charge is -2.38. The summed E-state index contributed by atoms with van der Waals surface area (Å²) >= 11 is 1.30. The van der Waals surface area contributed by atoms with Crippen LogP contribution in [0.4, 0.5) is 16.2 Å². The van der Waals surface area contributed by atoms with Gasteiger partial charge in [0.05, 0.1) is 29.2 Å². The number of amides is 3. The van der Waals surface area contributed by atoms with Gasteiger partial charge in [-0.05, 0) is 44.6 Å². The fourth-order valence-electron chi connectivity index (χ4n) is 5.00. The van der Waals surface area contributed by atoms with Crippen LogP contribution in [-0.2, 0) is 0 Å². The maximum atomic E-state index is 13.4. The molecular weight excluding hydrogens is 490 g/mol. The number of aromatic nitrogens is 1. The zero-order valence-corrected chi connectivity index (χ0v) is 21.4. The van der Waals surface area contributed by atoms with Gasteiger partial charge in [-0.2, -0.15) is 0 Å². The molecule has 1 unspecified atom stereocenters. The van der Waals surface area contributed by atoms with Gasteiger partial charge in [0.25, 0.3) is 5.91 Å². The van der Waals surface area contributed by atoms with Crippen LogP contribution in [0.5, 0.6) is 5.75 Å². The number of hydrogen-bond donors (Lipinski definition) is 2. The molecule has 0 spiro atoms. The second-order valence-electron chi connectivity index (χ2n) is 9.43. The van der Waals surface area contributed by atoms with Gasteiger partial charge < -0.3 is 25.2 Å². The Morgan fingerprint density at radius 2 is 2.05 bits per heavy atom. The first-order valence-corrected chi connectivity index (χ1v) is 13.0. The van der Waals surface area contributed by atoms with Gasteiger partial charge in [0.1, 0.15) is 21.6 Å². The average molecular weight is 518 g/mol. The molecule has 0 saturated carbocycles. The first-order valence-electron chi connectivity index (χ1n) is 12.2. The van der Waals surface area contributed by atoms with Crippen LogP contribution in [0.1, 0.15) is 22.5 Å². The molecule has 1 saturated heterocycles. The zero-order valence-electron chi connectivity index (χ0n) is 20.5. The van der Waals surface area contributed by atoms with E-state index in [1.165, 1.54) is 11.3 Å². The number of piperidine rings is 1. The number of benzene rings is 1. The molecule has 2 aromatic heterocycles. The van der Waals surface area contributed by atoms with Gasteiger partial charge in [-0.25, -0.2) is 14.8 Å².